The Morgan fingerprint density at radius 2 is 0.603 bits per heavy atom. The minimum Gasteiger partial charge on any atom is -0.466 e. The van der Waals surface area contributed by atoms with E-state index in [-0.39, 0.29) is 18.5 Å². The zero-order valence-corrected chi connectivity index (χ0v) is 53.2. The molecule has 0 heterocycles. The standard InChI is InChI=1S/C72H141NO5/c1-3-5-7-9-11-13-15-16-17-35-39-42-46-50-54-58-62-66-72(77)78-67-63-59-55-51-47-43-40-37-34-32-30-28-26-24-22-20-18-19-21-23-25-27-29-31-33-36-38-41-45-49-53-57-61-65-71(76)73-69(68-74)70(75)64-60-56-52-48-44-14-12-10-8-6-4-2/h16-17,69-70,74-75H,3-15,18-68H2,1-2H3,(H,73,76)/b17-16-. The van der Waals surface area contributed by atoms with Gasteiger partial charge in [0.1, 0.15) is 0 Å². The van der Waals surface area contributed by atoms with Gasteiger partial charge in [-0.25, -0.2) is 0 Å². The predicted octanol–water partition coefficient (Wildman–Crippen LogP) is 23.1. The first kappa shape index (κ1) is 76.6. The van der Waals surface area contributed by atoms with Gasteiger partial charge in [0.15, 0.2) is 0 Å². The van der Waals surface area contributed by atoms with Gasteiger partial charge in [-0.3, -0.25) is 9.59 Å². The first-order valence-electron chi connectivity index (χ1n) is 35.9. The topological polar surface area (TPSA) is 95.9 Å². The normalized spacial score (nSPS) is 12.5. The first-order valence-corrected chi connectivity index (χ1v) is 35.9. The molecule has 1 amide bonds. The molecule has 3 N–H and O–H groups in total. The zero-order chi connectivity index (χ0) is 56.4. The van der Waals surface area contributed by atoms with Crippen molar-refractivity contribution in [2.75, 3.05) is 13.2 Å². The van der Waals surface area contributed by atoms with Gasteiger partial charge in [0.2, 0.25) is 5.91 Å². The van der Waals surface area contributed by atoms with Gasteiger partial charge in [0.05, 0.1) is 25.4 Å². The number of esters is 1. The Hall–Kier alpha value is -1.40. The van der Waals surface area contributed by atoms with Crippen LogP contribution in [0.25, 0.3) is 0 Å². The summed E-state index contributed by atoms with van der Waals surface area (Å²) in [5.74, 6) is -0.00961. The highest BCUT2D eigenvalue weighted by Gasteiger charge is 2.20. The molecule has 6 heteroatoms. The van der Waals surface area contributed by atoms with Gasteiger partial charge in [0.25, 0.3) is 0 Å². The number of aliphatic hydroxyl groups excluding tert-OH is 2. The number of ether oxygens (including phenoxy) is 1. The Morgan fingerprint density at radius 3 is 0.910 bits per heavy atom. The molecule has 0 saturated carbocycles. The molecule has 0 aromatic carbocycles. The number of hydrogen-bond acceptors (Lipinski definition) is 5. The van der Waals surface area contributed by atoms with Crippen LogP contribution in [0.1, 0.15) is 412 Å². The van der Waals surface area contributed by atoms with Gasteiger partial charge in [-0.2, -0.15) is 0 Å². The summed E-state index contributed by atoms with van der Waals surface area (Å²) in [6.45, 7) is 4.98. The summed E-state index contributed by atoms with van der Waals surface area (Å²) in [4.78, 5) is 24.6. The van der Waals surface area contributed by atoms with Crippen LogP contribution >= 0.6 is 0 Å². The molecule has 0 spiro atoms. The van der Waals surface area contributed by atoms with Crippen LogP contribution < -0.4 is 5.32 Å². The molecule has 2 unspecified atom stereocenters. The van der Waals surface area contributed by atoms with Gasteiger partial charge in [0, 0.05) is 12.8 Å². The molecule has 0 fully saturated rings. The Labute approximate surface area is 489 Å². The predicted molar refractivity (Wildman–Crippen MR) is 343 cm³/mol. The van der Waals surface area contributed by atoms with Crippen LogP contribution in [0, 0.1) is 0 Å². The number of allylic oxidation sites excluding steroid dienone is 2. The molecule has 0 rings (SSSR count). The van der Waals surface area contributed by atoms with E-state index in [1.165, 1.54) is 340 Å². The maximum absolute atomic E-state index is 12.5. The van der Waals surface area contributed by atoms with Crippen LogP contribution in [0.3, 0.4) is 0 Å². The van der Waals surface area contributed by atoms with Crippen molar-refractivity contribution in [3.8, 4) is 0 Å². The van der Waals surface area contributed by atoms with Crippen molar-refractivity contribution >= 4 is 11.9 Å². The lowest BCUT2D eigenvalue weighted by Crippen LogP contribution is -2.45. The number of hydrogen-bond donors (Lipinski definition) is 3. The van der Waals surface area contributed by atoms with Crippen molar-refractivity contribution in [1.29, 1.82) is 0 Å². The van der Waals surface area contributed by atoms with Crippen molar-refractivity contribution in [3.63, 3.8) is 0 Å². The minimum atomic E-state index is -0.658. The Balaban J connectivity index is 3.28. The number of amides is 1. The second kappa shape index (κ2) is 68.1. The van der Waals surface area contributed by atoms with Gasteiger partial charge in [-0.05, 0) is 51.4 Å². The lowest BCUT2D eigenvalue weighted by molar-refractivity contribution is -0.143. The lowest BCUT2D eigenvalue weighted by atomic mass is 10.0. The second-order valence-corrected chi connectivity index (χ2v) is 24.9. The molecule has 0 bridgehead atoms. The Morgan fingerprint density at radius 1 is 0.346 bits per heavy atom. The molecule has 2 atom stereocenters. The molecule has 0 aromatic heterocycles. The highest BCUT2D eigenvalue weighted by molar-refractivity contribution is 5.76. The van der Waals surface area contributed by atoms with E-state index >= 15 is 0 Å². The first-order chi connectivity index (χ1) is 38.5. The number of carbonyl (C=O) groups is 2. The Kier molecular flexibility index (Phi) is 66.9. The number of carbonyl (C=O) groups excluding carboxylic acids is 2. The summed E-state index contributed by atoms with van der Waals surface area (Å²) in [5, 5.41) is 23.2. The van der Waals surface area contributed by atoms with E-state index < -0.39 is 12.1 Å². The fraction of sp³-hybridized carbons (Fsp3) is 0.944. The largest absolute Gasteiger partial charge is 0.466 e. The number of nitrogens with one attached hydrogen (secondary N) is 1. The van der Waals surface area contributed by atoms with Crippen LogP contribution in [-0.4, -0.2) is 47.4 Å². The number of aliphatic hydroxyl groups is 2. The van der Waals surface area contributed by atoms with Crippen molar-refractivity contribution in [3.05, 3.63) is 12.2 Å². The SMILES string of the molecule is CCCCCCCC/C=C\CCCCCCCCCC(=O)OCCCCCCCCCCCCCCCCCCCCCCCCCCCCCCCCCCCC(=O)NC(CO)C(O)CCCCCCCCCCCCC. The van der Waals surface area contributed by atoms with Crippen LogP contribution in [0.15, 0.2) is 12.2 Å². The van der Waals surface area contributed by atoms with Gasteiger partial charge < -0.3 is 20.3 Å². The van der Waals surface area contributed by atoms with E-state index in [2.05, 4.69) is 31.3 Å². The van der Waals surface area contributed by atoms with E-state index in [0.29, 0.717) is 25.9 Å². The highest BCUT2D eigenvalue weighted by atomic mass is 16.5. The van der Waals surface area contributed by atoms with E-state index in [1.54, 1.807) is 0 Å². The molecular formula is C72H141NO5. The Bertz CT molecular complexity index is 1180. The van der Waals surface area contributed by atoms with E-state index in [4.69, 9.17) is 4.74 Å². The van der Waals surface area contributed by atoms with Crippen molar-refractivity contribution in [2.24, 2.45) is 0 Å². The molecule has 464 valence electrons. The fourth-order valence-corrected chi connectivity index (χ4v) is 11.6. The monoisotopic (exact) mass is 1100 g/mol. The van der Waals surface area contributed by atoms with Crippen molar-refractivity contribution < 1.29 is 24.5 Å². The molecule has 0 radical (unpaired) electrons. The smallest absolute Gasteiger partial charge is 0.305 e. The van der Waals surface area contributed by atoms with Crippen molar-refractivity contribution in [2.45, 2.75) is 424 Å². The average Bonchev–Trinajstić information content (AvgIpc) is 3.44. The van der Waals surface area contributed by atoms with Crippen LogP contribution in [-0.2, 0) is 14.3 Å². The lowest BCUT2D eigenvalue weighted by Gasteiger charge is -2.22. The molecule has 0 aliphatic heterocycles. The molecule has 0 saturated heterocycles. The summed E-state index contributed by atoms with van der Waals surface area (Å²) in [6, 6.07) is -0.535. The van der Waals surface area contributed by atoms with E-state index in [0.717, 1.165) is 38.5 Å². The molecule has 0 aliphatic rings. The minimum absolute atomic E-state index is 0.0192. The van der Waals surface area contributed by atoms with E-state index in [9.17, 15) is 19.8 Å². The van der Waals surface area contributed by atoms with Crippen molar-refractivity contribution in [1.82, 2.24) is 5.32 Å². The third-order valence-electron chi connectivity index (χ3n) is 17.1. The maximum Gasteiger partial charge on any atom is 0.305 e. The summed E-state index contributed by atoms with van der Waals surface area (Å²) in [6.07, 6.45) is 84.3. The molecule has 78 heavy (non-hydrogen) atoms. The molecule has 6 nitrogen and oxygen atoms in total. The zero-order valence-electron chi connectivity index (χ0n) is 53.2. The third-order valence-corrected chi connectivity index (χ3v) is 17.1. The van der Waals surface area contributed by atoms with Gasteiger partial charge in [-0.1, -0.05) is 360 Å². The fourth-order valence-electron chi connectivity index (χ4n) is 11.6. The maximum atomic E-state index is 12.5. The second-order valence-electron chi connectivity index (χ2n) is 24.9. The van der Waals surface area contributed by atoms with E-state index in [1.807, 2.05) is 0 Å². The average molecular weight is 1100 g/mol. The van der Waals surface area contributed by atoms with Gasteiger partial charge in [-0.15, -0.1) is 0 Å². The van der Waals surface area contributed by atoms with Crippen LogP contribution in [0.2, 0.25) is 0 Å². The number of rotatable bonds is 68. The molecular weight excluding hydrogens is 959 g/mol. The van der Waals surface area contributed by atoms with Crippen LogP contribution in [0.5, 0.6) is 0 Å². The quantitative estimate of drug-likeness (QED) is 0.0320. The summed E-state index contributed by atoms with van der Waals surface area (Å²) in [5.41, 5.74) is 0. The number of unbranched alkanes of at least 4 members (excludes halogenated alkanes) is 55. The third kappa shape index (κ3) is 63.8. The highest BCUT2D eigenvalue weighted by Crippen LogP contribution is 2.19. The van der Waals surface area contributed by atoms with Crippen LogP contribution in [0.4, 0.5) is 0 Å². The summed E-state index contributed by atoms with van der Waals surface area (Å²) < 4.78 is 5.51. The summed E-state index contributed by atoms with van der Waals surface area (Å²) >= 11 is 0. The summed E-state index contributed by atoms with van der Waals surface area (Å²) in [7, 11) is 0. The molecule has 0 aromatic rings. The van der Waals surface area contributed by atoms with Gasteiger partial charge >= 0.3 is 5.97 Å². The molecule has 0 aliphatic carbocycles.